The molecule has 1 fully saturated rings. The summed E-state index contributed by atoms with van der Waals surface area (Å²) < 4.78 is 8.94. The summed E-state index contributed by atoms with van der Waals surface area (Å²) in [7, 11) is 0. The quantitative estimate of drug-likeness (QED) is 0.833. The number of imidazole rings is 1. The third kappa shape index (κ3) is 4.08. The van der Waals surface area contributed by atoms with Crippen molar-refractivity contribution in [2.45, 2.75) is 38.9 Å². The molecule has 21 heavy (non-hydrogen) atoms. The van der Waals surface area contributed by atoms with Crippen molar-refractivity contribution in [3.8, 4) is 5.75 Å². The maximum absolute atomic E-state index is 5.84. The second-order valence-corrected chi connectivity index (χ2v) is 6.29. The summed E-state index contributed by atoms with van der Waals surface area (Å²) in [6.45, 7) is 4.37. The number of hydrogen-bond donors (Lipinski definition) is 1. The molecule has 112 valence electrons. The van der Waals surface area contributed by atoms with Gasteiger partial charge in [0.2, 0.25) is 0 Å². The maximum Gasteiger partial charge on any atom is 0.133 e. The minimum absolute atomic E-state index is 0.634. The monoisotopic (exact) mass is 349 g/mol. The summed E-state index contributed by atoms with van der Waals surface area (Å²) in [5, 5.41) is 3.52. The van der Waals surface area contributed by atoms with Crippen molar-refractivity contribution in [1.82, 2.24) is 14.9 Å². The van der Waals surface area contributed by atoms with Crippen LogP contribution in [0.2, 0.25) is 0 Å². The number of aryl methyl sites for hydroxylation is 1. The van der Waals surface area contributed by atoms with Gasteiger partial charge >= 0.3 is 0 Å². The first-order valence-corrected chi connectivity index (χ1v) is 8.14. The molecule has 4 nitrogen and oxygen atoms in total. The Morgan fingerprint density at radius 2 is 2.29 bits per heavy atom. The van der Waals surface area contributed by atoms with Gasteiger partial charge in [-0.3, -0.25) is 0 Å². The molecule has 0 amide bonds. The van der Waals surface area contributed by atoms with Gasteiger partial charge in [0.25, 0.3) is 0 Å². The fourth-order valence-corrected chi connectivity index (χ4v) is 2.76. The van der Waals surface area contributed by atoms with Crippen LogP contribution in [-0.4, -0.2) is 22.2 Å². The molecule has 5 heteroatoms. The molecular weight excluding hydrogens is 330 g/mol. The minimum atomic E-state index is 0.634. The number of ether oxygens (including phenoxy) is 1. The van der Waals surface area contributed by atoms with Crippen LogP contribution in [0.4, 0.5) is 0 Å². The molecule has 0 saturated heterocycles. The molecule has 1 aliphatic carbocycles. The van der Waals surface area contributed by atoms with Gasteiger partial charge in [0.15, 0.2) is 0 Å². The van der Waals surface area contributed by atoms with Crippen LogP contribution in [0, 0.1) is 6.92 Å². The molecule has 1 aromatic heterocycles. The number of nitrogens with one attached hydrogen (secondary N) is 1. The SMILES string of the molecule is Cc1nccn1CCOc1ccc(CNC2CC2)cc1Br. The van der Waals surface area contributed by atoms with Gasteiger partial charge in [-0.2, -0.15) is 0 Å². The lowest BCUT2D eigenvalue weighted by Crippen LogP contribution is -2.15. The van der Waals surface area contributed by atoms with Gasteiger partial charge < -0.3 is 14.6 Å². The van der Waals surface area contributed by atoms with Gasteiger partial charge in [-0.25, -0.2) is 4.98 Å². The highest BCUT2D eigenvalue weighted by molar-refractivity contribution is 9.10. The van der Waals surface area contributed by atoms with Crippen molar-refractivity contribution in [2.24, 2.45) is 0 Å². The van der Waals surface area contributed by atoms with E-state index >= 15 is 0 Å². The third-order valence-electron chi connectivity index (χ3n) is 3.68. The topological polar surface area (TPSA) is 39.1 Å². The van der Waals surface area contributed by atoms with Crippen LogP contribution in [-0.2, 0) is 13.1 Å². The van der Waals surface area contributed by atoms with E-state index in [0.717, 1.165) is 35.2 Å². The van der Waals surface area contributed by atoms with Gasteiger partial charge in [0.05, 0.1) is 11.0 Å². The number of halogens is 1. The van der Waals surface area contributed by atoms with Crippen molar-refractivity contribution >= 4 is 15.9 Å². The first-order valence-electron chi connectivity index (χ1n) is 7.35. The Hall–Kier alpha value is -1.33. The molecule has 1 heterocycles. The van der Waals surface area contributed by atoms with Crippen LogP contribution in [0.5, 0.6) is 5.75 Å². The molecule has 1 aliphatic rings. The summed E-state index contributed by atoms with van der Waals surface area (Å²) in [4.78, 5) is 4.20. The van der Waals surface area contributed by atoms with Crippen molar-refractivity contribution in [2.75, 3.05) is 6.61 Å². The van der Waals surface area contributed by atoms with Gasteiger partial charge in [0, 0.05) is 25.0 Å². The Morgan fingerprint density at radius 3 is 2.95 bits per heavy atom. The molecule has 3 rings (SSSR count). The Morgan fingerprint density at radius 1 is 1.43 bits per heavy atom. The summed E-state index contributed by atoms with van der Waals surface area (Å²) in [6, 6.07) is 7.03. The molecule has 0 atom stereocenters. The van der Waals surface area contributed by atoms with E-state index in [4.69, 9.17) is 4.74 Å². The fourth-order valence-electron chi connectivity index (χ4n) is 2.21. The number of benzene rings is 1. The highest BCUT2D eigenvalue weighted by Gasteiger charge is 2.19. The normalized spacial score (nSPS) is 14.4. The van der Waals surface area contributed by atoms with Crippen LogP contribution in [0.15, 0.2) is 35.1 Å². The van der Waals surface area contributed by atoms with E-state index in [1.807, 2.05) is 25.4 Å². The molecule has 0 radical (unpaired) electrons. The molecular formula is C16H20BrN3O. The summed E-state index contributed by atoms with van der Waals surface area (Å²) in [6.07, 6.45) is 6.42. The Labute approximate surface area is 133 Å². The van der Waals surface area contributed by atoms with Crippen LogP contribution >= 0.6 is 15.9 Å². The first kappa shape index (κ1) is 14.6. The lowest BCUT2D eigenvalue weighted by Gasteiger charge is -2.11. The molecule has 2 aromatic rings. The van der Waals surface area contributed by atoms with Crippen molar-refractivity contribution < 1.29 is 4.74 Å². The minimum Gasteiger partial charge on any atom is -0.491 e. The summed E-state index contributed by atoms with van der Waals surface area (Å²) in [5.74, 6) is 1.90. The van der Waals surface area contributed by atoms with E-state index < -0.39 is 0 Å². The average molecular weight is 350 g/mol. The predicted molar refractivity (Wildman–Crippen MR) is 86.5 cm³/mol. The van der Waals surface area contributed by atoms with Crippen LogP contribution in [0.25, 0.3) is 0 Å². The predicted octanol–water partition coefficient (Wildman–Crippen LogP) is 3.29. The smallest absolute Gasteiger partial charge is 0.133 e. The first-order chi connectivity index (χ1) is 10.2. The standard InChI is InChI=1S/C16H20BrN3O/c1-12-18-6-7-20(12)8-9-21-16-5-2-13(10-15(16)17)11-19-14-3-4-14/h2,5-7,10,14,19H,3-4,8-9,11H2,1H3. The Bertz CT molecular complexity index is 607. The van der Waals surface area contributed by atoms with Crippen LogP contribution in [0.3, 0.4) is 0 Å². The number of hydrogen-bond acceptors (Lipinski definition) is 3. The van der Waals surface area contributed by atoms with E-state index in [-0.39, 0.29) is 0 Å². The second-order valence-electron chi connectivity index (χ2n) is 5.44. The Kier molecular flexibility index (Phi) is 4.60. The zero-order valence-corrected chi connectivity index (χ0v) is 13.8. The zero-order valence-electron chi connectivity index (χ0n) is 12.2. The second kappa shape index (κ2) is 6.62. The van der Waals surface area contributed by atoms with Crippen LogP contribution in [0.1, 0.15) is 24.2 Å². The Balaban J connectivity index is 1.51. The number of nitrogens with zero attached hydrogens (tertiary/aromatic N) is 2. The van der Waals surface area contributed by atoms with E-state index in [9.17, 15) is 0 Å². The molecule has 0 unspecified atom stereocenters. The van der Waals surface area contributed by atoms with Crippen molar-refractivity contribution in [1.29, 1.82) is 0 Å². The number of rotatable bonds is 7. The third-order valence-corrected chi connectivity index (χ3v) is 4.30. The van der Waals surface area contributed by atoms with Crippen molar-refractivity contribution in [3.05, 3.63) is 46.5 Å². The maximum atomic E-state index is 5.84. The van der Waals surface area contributed by atoms with E-state index in [2.05, 4.69) is 42.9 Å². The largest absolute Gasteiger partial charge is 0.491 e. The summed E-state index contributed by atoms with van der Waals surface area (Å²) >= 11 is 3.59. The van der Waals surface area contributed by atoms with Crippen LogP contribution < -0.4 is 10.1 Å². The van der Waals surface area contributed by atoms with Gasteiger partial charge in [-0.15, -0.1) is 0 Å². The zero-order chi connectivity index (χ0) is 14.7. The summed E-state index contributed by atoms with van der Waals surface area (Å²) in [5.41, 5.74) is 1.28. The van der Waals surface area contributed by atoms with Crippen molar-refractivity contribution in [3.63, 3.8) is 0 Å². The molecule has 1 aromatic carbocycles. The lowest BCUT2D eigenvalue weighted by molar-refractivity contribution is 0.295. The average Bonchev–Trinajstić information content (AvgIpc) is 3.22. The van der Waals surface area contributed by atoms with E-state index in [0.29, 0.717) is 6.61 Å². The van der Waals surface area contributed by atoms with E-state index in [1.54, 1.807) is 0 Å². The van der Waals surface area contributed by atoms with Gasteiger partial charge in [-0.1, -0.05) is 6.07 Å². The van der Waals surface area contributed by atoms with E-state index in [1.165, 1.54) is 18.4 Å². The van der Waals surface area contributed by atoms with Gasteiger partial charge in [0.1, 0.15) is 18.2 Å². The number of aromatic nitrogens is 2. The fraction of sp³-hybridized carbons (Fsp3) is 0.438. The molecule has 1 saturated carbocycles. The highest BCUT2D eigenvalue weighted by atomic mass is 79.9. The molecule has 0 bridgehead atoms. The molecule has 0 spiro atoms. The lowest BCUT2D eigenvalue weighted by atomic mass is 10.2. The highest BCUT2D eigenvalue weighted by Crippen LogP contribution is 2.27. The molecule has 0 aliphatic heterocycles. The molecule has 1 N–H and O–H groups in total. The van der Waals surface area contributed by atoms with Gasteiger partial charge in [-0.05, 0) is 53.4 Å².